The molecule has 0 fully saturated rings. The number of halogens is 4. The van der Waals surface area contributed by atoms with Crippen LogP contribution in [-0.4, -0.2) is 4.98 Å². The fourth-order valence-electron chi connectivity index (χ4n) is 1.48. The number of nitrogens with zero attached hydrogens (tertiary/aromatic N) is 1. The lowest BCUT2D eigenvalue weighted by molar-refractivity contribution is -0.137. The molecule has 3 nitrogen and oxygen atoms in total. The molecule has 0 amide bonds. The molecule has 0 aliphatic rings. The third kappa shape index (κ3) is 3.37. The molecule has 0 atom stereocenters. The van der Waals surface area contributed by atoms with Crippen LogP contribution in [0.5, 0.6) is 0 Å². The van der Waals surface area contributed by atoms with Crippen molar-refractivity contribution in [3.63, 3.8) is 0 Å². The number of benzene rings is 1. The van der Waals surface area contributed by atoms with Gasteiger partial charge >= 0.3 is 6.18 Å². The molecule has 19 heavy (non-hydrogen) atoms. The Morgan fingerprint density at radius 1 is 1.16 bits per heavy atom. The molecule has 0 aliphatic heterocycles. The zero-order chi connectivity index (χ0) is 14.0. The number of nitrogens with one attached hydrogen (secondary N) is 1. The summed E-state index contributed by atoms with van der Waals surface area (Å²) >= 11 is 3.19. The molecule has 0 aliphatic carbocycles. The van der Waals surface area contributed by atoms with Gasteiger partial charge in [-0.1, -0.05) is 0 Å². The van der Waals surface area contributed by atoms with E-state index in [0.29, 0.717) is 21.5 Å². The fourth-order valence-corrected chi connectivity index (χ4v) is 1.82. The highest BCUT2D eigenvalue weighted by molar-refractivity contribution is 9.10. The molecule has 1 aromatic carbocycles. The lowest BCUT2D eigenvalue weighted by Gasteiger charge is -2.12. The van der Waals surface area contributed by atoms with Gasteiger partial charge in [0.1, 0.15) is 0 Å². The van der Waals surface area contributed by atoms with Crippen molar-refractivity contribution in [3.05, 3.63) is 46.7 Å². The molecular formula is C12H9BrF3N3. The molecule has 2 aromatic rings. The first-order valence-electron chi connectivity index (χ1n) is 5.20. The number of aromatic nitrogens is 1. The SMILES string of the molecule is Nc1cncc(Nc2cc(C(F)(F)F)ccc2Br)c1. The summed E-state index contributed by atoms with van der Waals surface area (Å²) in [6.45, 7) is 0. The van der Waals surface area contributed by atoms with E-state index in [4.69, 9.17) is 5.73 Å². The van der Waals surface area contributed by atoms with Crippen molar-refractivity contribution in [2.45, 2.75) is 6.18 Å². The van der Waals surface area contributed by atoms with Gasteiger partial charge in [-0.15, -0.1) is 0 Å². The van der Waals surface area contributed by atoms with Crippen molar-refractivity contribution in [2.24, 2.45) is 0 Å². The highest BCUT2D eigenvalue weighted by Gasteiger charge is 2.30. The van der Waals surface area contributed by atoms with Crippen LogP contribution >= 0.6 is 15.9 Å². The molecule has 2 rings (SSSR count). The molecule has 0 unspecified atom stereocenters. The predicted molar refractivity (Wildman–Crippen MR) is 71.1 cm³/mol. The number of hydrogen-bond acceptors (Lipinski definition) is 3. The molecule has 7 heteroatoms. The Hall–Kier alpha value is -1.76. The van der Waals surface area contributed by atoms with E-state index in [1.54, 1.807) is 6.07 Å². The topological polar surface area (TPSA) is 50.9 Å². The largest absolute Gasteiger partial charge is 0.416 e. The van der Waals surface area contributed by atoms with Gasteiger partial charge < -0.3 is 11.1 Å². The monoisotopic (exact) mass is 331 g/mol. The second-order valence-corrected chi connectivity index (χ2v) is 4.68. The summed E-state index contributed by atoms with van der Waals surface area (Å²) in [6, 6.07) is 4.95. The Morgan fingerprint density at radius 3 is 2.53 bits per heavy atom. The summed E-state index contributed by atoms with van der Waals surface area (Å²) in [5.74, 6) is 0. The minimum absolute atomic E-state index is 0.294. The minimum Gasteiger partial charge on any atom is -0.397 e. The van der Waals surface area contributed by atoms with Gasteiger partial charge in [0.2, 0.25) is 0 Å². The smallest absolute Gasteiger partial charge is 0.397 e. The third-order valence-electron chi connectivity index (χ3n) is 2.33. The van der Waals surface area contributed by atoms with Gasteiger partial charge in [-0.05, 0) is 40.2 Å². The van der Waals surface area contributed by atoms with E-state index in [2.05, 4.69) is 26.2 Å². The van der Waals surface area contributed by atoms with E-state index in [1.165, 1.54) is 18.5 Å². The number of anilines is 3. The van der Waals surface area contributed by atoms with E-state index in [1.807, 2.05) is 0 Å². The number of nitrogen functional groups attached to an aromatic ring is 1. The average Bonchev–Trinajstić information content (AvgIpc) is 2.30. The maximum atomic E-state index is 12.6. The van der Waals surface area contributed by atoms with Crippen LogP contribution in [0.4, 0.5) is 30.2 Å². The van der Waals surface area contributed by atoms with Crippen LogP contribution in [0, 0.1) is 0 Å². The highest BCUT2D eigenvalue weighted by atomic mass is 79.9. The number of nitrogens with two attached hydrogens (primary N) is 1. The van der Waals surface area contributed by atoms with Gasteiger partial charge in [0.25, 0.3) is 0 Å². The third-order valence-corrected chi connectivity index (χ3v) is 3.02. The number of hydrogen-bond donors (Lipinski definition) is 2. The van der Waals surface area contributed by atoms with Crippen LogP contribution in [0.2, 0.25) is 0 Å². The summed E-state index contributed by atoms with van der Waals surface area (Å²) in [5, 5.41) is 2.84. The molecule has 3 N–H and O–H groups in total. The van der Waals surface area contributed by atoms with E-state index in [9.17, 15) is 13.2 Å². The van der Waals surface area contributed by atoms with Crippen LogP contribution < -0.4 is 11.1 Å². The second kappa shape index (κ2) is 5.08. The van der Waals surface area contributed by atoms with Crippen LogP contribution in [0.3, 0.4) is 0 Å². The average molecular weight is 332 g/mol. The van der Waals surface area contributed by atoms with Crippen molar-refractivity contribution < 1.29 is 13.2 Å². The summed E-state index contributed by atoms with van der Waals surface area (Å²) < 4.78 is 38.4. The molecule has 0 saturated heterocycles. The molecule has 0 saturated carbocycles. The fraction of sp³-hybridized carbons (Fsp3) is 0.0833. The molecule has 100 valence electrons. The van der Waals surface area contributed by atoms with Crippen molar-refractivity contribution in [1.29, 1.82) is 0 Å². The Balaban J connectivity index is 2.34. The highest BCUT2D eigenvalue weighted by Crippen LogP contribution is 2.35. The first kappa shape index (κ1) is 13.7. The molecule has 0 spiro atoms. The predicted octanol–water partition coefficient (Wildman–Crippen LogP) is 4.19. The maximum absolute atomic E-state index is 12.6. The molecule has 0 bridgehead atoms. The Labute approximate surface area is 115 Å². The number of alkyl halides is 3. The molecule has 0 radical (unpaired) electrons. The lowest BCUT2D eigenvalue weighted by atomic mass is 10.2. The standard InChI is InChI=1S/C12H9BrF3N3/c13-10-2-1-7(12(14,15)16)3-11(10)19-9-4-8(17)5-18-6-9/h1-6,19H,17H2. The van der Waals surface area contributed by atoms with Gasteiger partial charge in [-0.25, -0.2) is 0 Å². The Kier molecular flexibility index (Phi) is 3.66. The minimum atomic E-state index is -4.38. The van der Waals surface area contributed by atoms with Crippen molar-refractivity contribution >= 4 is 33.0 Å². The van der Waals surface area contributed by atoms with Gasteiger partial charge in [0.15, 0.2) is 0 Å². The van der Waals surface area contributed by atoms with Crippen molar-refractivity contribution in [2.75, 3.05) is 11.1 Å². The van der Waals surface area contributed by atoms with E-state index < -0.39 is 11.7 Å². The quantitative estimate of drug-likeness (QED) is 0.867. The van der Waals surface area contributed by atoms with Crippen LogP contribution in [0.25, 0.3) is 0 Å². The second-order valence-electron chi connectivity index (χ2n) is 3.82. The van der Waals surface area contributed by atoms with Crippen molar-refractivity contribution in [1.82, 2.24) is 4.98 Å². The number of pyridine rings is 1. The Bertz CT molecular complexity index is 599. The van der Waals surface area contributed by atoms with Crippen LogP contribution in [0.1, 0.15) is 5.56 Å². The summed E-state index contributed by atoms with van der Waals surface area (Å²) in [7, 11) is 0. The van der Waals surface area contributed by atoms with Gasteiger partial charge in [0.05, 0.1) is 28.8 Å². The van der Waals surface area contributed by atoms with Gasteiger partial charge in [-0.3, -0.25) is 4.98 Å². The van der Waals surface area contributed by atoms with Crippen LogP contribution in [-0.2, 0) is 6.18 Å². The molecular weight excluding hydrogens is 323 g/mol. The van der Waals surface area contributed by atoms with Crippen molar-refractivity contribution in [3.8, 4) is 0 Å². The molecule has 1 heterocycles. The van der Waals surface area contributed by atoms with E-state index in [0.717, 1.165) is 12.1 Å². The first-order valence-corrected chi connectivity index (χ1v) is 6.00. The summed E-state index contributed by atoms with van der Waals surface area (Å²) in [5.41, 5.74) is 6.06. The number of rotatable bonds is 2. The van der Waals surface area contributed by atoms with E-state index in [-0.39, 0.29) is 0 Å². The lowest BCUT2D eigenvalue weighted by Crippen LogP contribution is -2.05. The van der Waals surface area contributed by atoms with Crippen LogP contribution in [0.15, 0.2) is 41.1 Å². The zero-order valence-electron chi connectivity index (χ0n) is 9.50. The van der Waals surface area contributed by atoms with Gasteiger partial charge in [0, 0.05) is 10.7 Å². The summed E-state index contributed by atoms with van der Waals surface area (Å²) in [4.78, 5) is 3.86. The maximum Gasteiger partial charge on any atom is 0.416 e. The summed E-state index contributed by atoms with van der Waals surface area (Å²) in [6.07, 6.45) is -1.46. The Morgan fingerprint density at radius 2 is 1.89 bits per heavy atom. The van der Waals surface area contributed by atoms with Gasteiger partial charge in [-0.2, -0.15) is 13.2 Å². The molecule has 1 aromatic heterocycles. The first-order chi connectivity index (χ1) is 8.86. The zero-order valence-corrected chi connectivity index (χ0v) is 11.1. The normalized spacial score (nSPS) is 11.4. The van der Waals surface area contributed by atoms with E-state index >= 15 is 0 Å².